The van der Waals surface area contributed by atoms with Gasteiger partial charge in [0.05, 0.1) is 11.4 Å². The number of nitrogens with two attached hydrogens (primary N) is 1. The van der Waals surface area contributed by atoms with Gasteiger partial charge in [-0.25, -0.2) is 0 Å². The average molecular weight is 703 g/mol. The van der Waals surface area contributed by atoms with Crippen molar-refractivity contribution in [3.05, 3.63) is 212 Å². The number of hydrogen-bond acceptors (Lipinski definition) is 2. The number of anilines is 3. The Morgan fingerprint density at radius 1 is 0.345 bits per heavy atom. The van der Waals surface area contributed by atoms with E-state index in [2.05, 4.69) is 187 Å². The number of hydrogen-bond donors (Lipinski definition) is 1. The maximum Gasteiger partial charge on any atom is 0.0647 e. The quantitative estimate of drug-likeness (QED) is 0.132. The highest BCUT2D eigenvalue weighted by atomic mass is 15.1. The first-order valence-electron chi connectivity index (χ1n) is 18.9. The second-order valence-electron chi connectivity index (χ2n) is 14.4. The number of nitrogen functional groups attached to an aromatic ring is 1. The van der Waals surface area contributed by atoms with Crippen molar-refractivity contribution in [3.63, 3.8) is 0 Å². The highest BCUT2D eigenvalue weighted by molar-refractivity contribution is 6.22. The predicted molar refractivity (Wildman–Crippen MR) is 236 cm³/mol. The Bertz CT molecular complexity index is 3020. The van der Waals surface area contributed by atoms with Gasteiger partial charge in [0.25, 0.3) is 0 Å². The molecule has 0 heterocycles. The normalized spacial score (nSPS) is 11.4. The van der Waals surface area contributed by atoms with Crippen molar-refractivity contribution in [1.29, 1.82) is 0 Å². The van der Waals surface area contributed by atoms with Crippen molar-refractivity contribution in [2.45, 2.75) is 6.54 Å². The molecule has 0 fully saturated rings. The van der Waals surface area contributed by atoms with Crippen LogP contribution in [0.4, 0.5) is 17.1 Å². The molecule has 0 aliphatic rings. The van der Waals surface area contributed by atoms with Crippen LogP contribution in [0.5, 0.6) is 0 Å². The van der Waals surface area contributed by atoms with E-state index in [-0.39, 0.29) is 0 Å². The number of rotatable bonds is 7. The molecule has 0 aliphatic carbocycles. The van der Waals surface area contributed by atoms with E-state index in [9.17, 15) is 0 Å². The summed E-state index contributed by atoms with van der Waals surface area (Å²) in [6, 6.07) is 74.6. The molecule has 2 heteroatoms. The molecule has 0 bridgehead atoms. The van der Waals surface area contributed by atoms with Crippen LogP contribution in [0.3, 0.4) is 0 Å². The average Bonchev–Trinajstić information content (AvgIpc) is 3.25. The SMILES string of the molecule is Nc1ccccc1N(Cc1ccc(-c2ccc3c(-c4ccc5ccccc5c4)c4ccccc4c(-c4ccc5ccccc5c4)c3c2)cc1)c1ccccc1. The maximum absolute atomic E-state index is 6.50. The molecule has 0 atom stereocenters. The molecule has 0 unspecified atom stereocenters. The Morgan fingerprint density at radius 2 is 0.836 bits per heavy atom. The fourth-order valence-corrected chi connectivity index (χ4v) is 8.31. The molecule has 10 aromatic carbocycles. The largest absolute Gasteiger partial charge is 0.397 e. The van der Waals surface area contributed by atoms with Gasteiger partial charge in [0, 0.05) is 12.2 Å². The smallest absolute Gasteiger partial charge is 0.0647 e. The van der Waals surface area contributed by atoms with Gasteiger partial charge < -0.3 is 10.6 Å². The fraction of sp³-hybridized carbons (Fsp3) is 0.0189. The first-order chi connectivity index (χ1) is 27.2. The van der Waals surface area contributed by atoms with Gasteiger partial charge in [-0.3, -0.25) is 0 Å². The molecule has 260 valence electrons. The lowest BCUT2D eigenvalue weighted by Gasteiger charge is -2.26. The molecule has 0 amide bonds. The minimum absolute atomic E-state index is 0.698. The third kappa shape index (κ3) is 5.95. The lowest BCUT2D eigenvalue weighted by molar-refractivity contribution is 0.977. The number of nitrogens with zero attached hydrogens (tertiary/aromatic N) is 1. The Kier molecular flexibility index (Phi) is 8.08. The molecule has 0 saturated carbocycles. The summed E-state index contributed by atoms with van der Waals surface area (Å²) in [6.45, 7) is 0.698. The zero-order chi connectivity index (χ0) is 36.7. The summed E-state index contributed by atoms with van der Waals surface area (Å²) in [6.07, 6.45) is 0. The van der Waals surface area contributed by atoms with E-state index in [1.807, 2.05) is 24.3 Å². The summed E-state index contributed by atoms with van der Waals surface area (Å²) in [5.41, 5.74) is 17.9. The van der Waals surface area contributed by atoms with Crippen LogP contribution < -0.4 is 10.6 Å². The van der Waals surface area contributed by atoms with Gasteiger partial charge in [-0.2, -0.15) is 0 Å². The topological polar surface area (TPSA) is 29.3 Å². The van der Waals surface area contributed by atoms with Crippen LogP contribution in [-0.4, -0.2) is 0 Å². The van der Waals surface area contributed by atoms with Crippen molar-refractivity contribution in [3.8, 4) is 33.4 Å². The highest BCUT2D eigenvalue weighted by Gasteiger charge is 2.19. The molecule has 2 N–H and O–H groups in total. The van der Waals surface area contributed by atoms with Crippen molar-refractivity contribution in [2.75, 3.05) is 10.6 Å². The van der Waals surface area contributed by atoms with Crippen LogP contribution in [0, 0.1) is 0 Å². The highest BCUT2D eigenvalue weighted by Crippen LogP contribution is 2.46. The maximum atomic E-state index is 6.50. The summed E-state index contributed by atoms with van der Waals surface area (Å²) in [5.74, 6) is 0. The van der Waals surface area contributed by atoms with Crippen LogP contribution in [0.15, 0.2) is 206 Å². The van der Waals surface area contributed by atoms with E-state index in [4.69, 9.17) is 5.73 Å². The molecule has 0 radical (unpaired) electrons. The number of para-hydroxylation sites is 3. The lowest BCUT2D eigenvalue weighted by atomic mass is 9.84. The van der Waals surface area contributed by atoms with Crippen molar-refractivity contribution >= 4 is 60.2 Å². The first-order valence-corrected chi connectivity index (χ1v) is 18.9. The van der Waals surface area contributed by atoms with Gasteiger partial charge in [0.15, 0.2) is 0 Å². The van der Waals surface area contributed by atoms with Crippen LogP contribution in [0.25, 0.3) is 76.5 Å². The van der Waals surface area contributed by atoms with E-state index in [0.29, 0.717) is 6.54 Å². The van der Waals surface area contributed by atoms with E-state index in [1.54, 1.807) is 0 Å². The van der Waals surface area contributed by atoms with Crippen molar-refractivity contribution < 1.29 is 0 Å². The Morgan fingerprint density at radius 3 is 1.47 bits per heavy atom. The van der Waals surface area contributed by atoms with Gasteiger partial charge in [-0.15, -0.1) is 0 Å². The molecular weight excluding hydrogens is 665 g/mol. The zero-order valence-corrected chi connectivity index (χ0v) is 30.4. The molecule has 10 aromatic rings. The second kappa shape index (κ2) is 13.7. The standard InChI is InChI=1S/C53H38N2/c54-50-20-10-11-21-51(50)55(45-16-2-1-3-17-45)35-36-22-24-39(25-23-36)42-30-31-48-49(34-42)53(44-29-27-38-13-5-7-15-41(38)33-44)47-19-9-8-18-46(47)52(48)43-28-26-37-12-4-6-14-40(37)32-43/h1-34H,35,54H2. The minimum Gasteiger partial charge on any atom is -0.397 e. The molecule has 0 aliphatic heterocycles. The molecule has 0 spiro atoms. The third-order valence-corrected chi connectivity index (χ3v) is 11.0. The summed E-state index contributed by atoms with van der Waals surface area (Å²) in [7, 11) is 0. The lowest BCUT2D eigenvalue weighted by Crippen LogP contribution is -2.17. The Hall–Kier alpha value is -7.16. The fourth-order valence-electron chi connectivity index (χ4n) is 8.31. The van der Waals surface area contributed by atoms with Gasteiger partial charge in [0.1, 0.15) is 0 Å². The van der Waals surface area contributed by atoms with E-state index in [0.717, 1.165) is 17.1 Å². The minimum atomic E-state index is 0.698. The summed E-state index contributed by atoms with van der Waals surface area (Å²) in [5, 5.41) is 9.98. The number of benzene rings is 10. The third-order valence-electron chi connectivity index (χ3n) is 11.0. The van der Waals surface area contributed by atoms with Crippen LogP contribution >= 0.6 is 0 Å². The van der Waals surface area contributed by atoms with Gasteiger partial charge >= 0.3 is 0 Å². The molecule has 0 saturated heterocycles. The molecular formula is C53H38N2. The zero-order valence-electron chi connectivity index (χ0n) is 30.4. The molecule has 0 aromatic heterocycles. The van der Waals surface area contributed by atoms with Crippen molar-refractivity contribution in [1.82, 2.24) is 0 Å². The first kappa shape index (κ1) is 32.5. The monoisotopic (exact) mass is 702 g/mol. The van der Waals surface area contributed by atoms with E-state index in [1.165, 1.54) is 82.0 Å². The summed E-state index contributed by atoms with van der Waals surface area (Å²) in [4.78, 5) is 2.29. The molecule has 2 nitrogen and oxygen atoms in total. The molecule has 55 heavy (non-hydrogen) atoms. The molecule has 10 rings (SSSR count). The Labute approximate surface area is 321 Å². The predicted octanol–water partition coefficient (Wildman–Crippen LogP) is 14.2. The number of fused-ring (bicyclic) bond motifs is 4. The van der Waals surface area contributed by atoms with Crippen molar-refractivity contribution in [2.24, 2.45) is 0 Å². The van der Waals surface area contributed by atoms with Gasteiger partial charge in [-0.1, -0.05) is 164 Å². The second-order valence-corrected chi connectivity index (χ2v) is 14.4. The van der Waals surface area contributed by atoms with Crippen LogP contribution in [0.1, 0.15) is 5.56 Å². The summed E-state index contributed by atoms with van der Waals surface area (Å²) < 4.78 is 0. The summed E-state index contributed by atoms with van der Waals surface area (Å²) >= 11 is 0. The van der Waals surface area contributed by atoms with E-state index < -0.39 is 0 Å². The van der Waals surface area contributed by atoms with E-state index >= 15 is 0 Å². The van der Waals surface area contributed by atoms with Crippen LogP contribution in [-0.2, 0) is 6.54 Å². The Balaban J connectivity index is 1.14. The van der Waals surface area contributed by atoms with Gasteiger partial charge in [-0.05, 0) is 124 Å². The van der Waals surface area contributed by atoms with Gasteiger partial charge in [0.2, 0.25) is 0 Å². The van der Waals surface area contributed by atoms with Crippen LogP contribution in [0.2, 0.25) is 0 Å².